The molecule has 0 unspecified atom stereocenters. The molecule has 0 saturated heterocycles. The third kappa shape index (κ3) is 6.10. The quantitative estimate of drug-likeness (QED) is 0.206. The highest BCUT2D eigenvalue weighted by atomic mass is 32.2. The predicted octanol–water partition coefficient (Wildman–Crippen LogP) is 4.42. The molecule has 194 valence electrons. The number of pyridine rings is 2. The summed E-state index contributed by atoms with van der Waals surface area (Å²) in [5.74, 6) is -0.209. The molecule has 0 atom stereocenters. The summed E-state index contributed by atoms with van der Waals surface area (Å²) < 4.78 is 28.7. The number of nitrogens with one attached hydrogen (secondary N) is 3. The maximum atomic E-state index is 13.2. The van der Waals surface area contributed by atoms with E-state index >= 15 is 0 Å². The zero-order valence-electron chi connectivity index (χ0n) is 21.2. The van der Waals surface area contributed by atoms with Gasteiger partial charge in [0.2, 0.25) is 10.0 Å². The number of amidine groups is 1. The number of anilines is 1. The lowest BCUT2D eigenvalue weighted by Gasteiger charge is -2.21. The lowest BCUT2D eigenvalue weighted by atomic mass is 10.0. The molecule has 0 spiro atoms. The van der Waals surface area contributed by atoms with E-state index in [1.54, 1.807) is 99.8 Å². The van der Waals surface area contributed by atoms with E-state index in [0.717, 1.165) is 0 Å². The van der Waals surface area contributed by atoms with Crippen molar-refractivity contribution in [3.8, 4) is 22.4 Å². The van der Waals surface area contributed by atoms with Crippen molar-refractivity contribution < 1.29 is 13.2 Å². The Morgan fingerprint density at radius 1 is 0.921 bits per heavy atom. The molecule has 10 heteroatoms. The van der Waals surface area contributed by atoms with Gasteiger partial charge >= 0.3 is 0 Å². The summed E-state index contributed by atoms with van der Waals surface area (Å²) in [7, 11) is -3.78. The number of rotatable bonds is 7. The highest BCUT2D eigenvalue weighted by Gasteiger charge is 2.25. The summed E-state index contributed by atoms with van der Waals surface area (Å²) in [5, 5.41) is 10.5. The minimum Gasteiger partial charge on any atom is -0.384 e. The van der Waals surface area contributed by atoms with Crippen LogP contribution in [-0.4, -0.2) is 35.7 Å². The molecule has 0 saturated carbocycles. The number of aromatic nitrogens is 2. The van der Waals surface area contributed by atoms with Crippen molar-refractivity contribution in [2.45, 2.75) is 31.2 Å². The average Bonchev–Trinajstić information content (AvgIpc) is 2.88. The smallest absolute Gasteiger partial charge is 0.259 e. The SMILES string of the molecule is CC(C)(C)NS(=O)(=O)c1ccccc1-c1ccc(NC(=O)c2cccnc2-c2cccc(C(=N)N)c2)nc1. The molecule has 4 rings (SSSR count). The van der Waals surface area contributed by atoms with Gasteiger partial charge in [-0.3, -0.25) is 15.2 Å². The number of nitrogens with two attached hydrogens (primary N) is 1. The second-order valence-corrected chi connectivity index (χ2v) is 11.3. The Morgan fingerprint density at radius 2 is 1.68 bits per heavy atom. The number of carbonyl (C=O) groups excluding carboxylic acids is 1. The minimum atomic E-state index is -3.78. The summed E-state index contributed by atoms with van der Waals surface area (Å²) in [4.78, 5) is 22.0. The van der Waals surface area contributed by atoms with Crippen molar-refractivity contribution in [2.24, 2.45) is 5.73 Å². The van der Waals surface area contributed by atoms with Crippen LogP contribution in [0, 0.1) is 5.41 Å². The Bertz CT molecular complexity index is 1610. The van der Waals surface area contributed by atoms with Gasteiger partial charge < -0.3 is 11.1 Å². The Kier molecular flexibility index (Phi) is 7.38. The Balaban J connectivity index is 1.60. The van der Waals surface area contributed by atoms with E-state index in [1.807, 2.05) is 0 Å². The van der Waals surface area contributed by atoms with Crippen molar-refractivity contribution >= 4 is 27.6 Å². The Labute approximate surface area is 221 Å². The third-order valence-corrected chi connectivity index (χ3v) is 7.25. The Morgan fingerprint density at radius 3 is 2.37 bits per heavy atom. The molecule has 2 heterocycles. The van der Waals surface area contributed by atoms with Crippen LogP contribution in [0.25, 0.3) is 22.4 Å². The molecule has 38 heavy (non-hydrogen) atoms. The molecule has 0 aliphatic heterocycles. The zero-order chi connectivity index (χ0) is 27.5. The molecule has 0 bridgehead atoms. The van der Waals surface area contributed by atoms with Crippen LogP contribution in [0.3, 0.4) is 0 Å². The molecular formula is C28H28N6O3S. The maximum Gasteiger partial charge on any atom is 0.259 e. The van der Waals surface area contributed by atoms with Gasteiger partial charge in [0, 0.05) is 40.2 Å². The van der Waals surface area contributed by atoms with Crippen molar-refractivity contribution in [3.63, 3.8) is 0 Å². The average molecular weight is 529 g/mol. The topological polar surface area (TPSA) is 151 Å². The molecule has 0 radical (unpaired) electrons. The van der Waals surface area contributed by atoms with Crippen LogP contribution in [-0.2, 0) is 10.0 Å². The zero-order valence-corrected chi connectivity index (χ0v) is 22.0. The molecule has 5 N–H and O–H groups in total. The first-order valence-electron chi connectivity index (χ1n) is 11.8. The van der Waals surface area contributed by atoms with E-state index in [2.05, 4.69) is 20.0 Å². The fourth-order valence-electron chi connectivity index (χ4n) is 3.86. The van der Waals surface area contributed by atoms with E-state index in [-0.39, 0.29) is 10.7 Å². The normalized spacial score (nSPS) is 11.7. The van der Waals surface area contributed by atoms with Crippen LogP contribution >= 0.6 is 0 Å². The molecule has 9 nitrogen and oxygen atoms in total. The van der Waals surface area contributed by atoms with Crippen LogP contribution in [0.1, 0.15) is 36.7 Å². The molecule has 2 aromatic carbocycles. The predicted molar refractivity (Wildman–Crippen MR) is 148 cm³/mol. The van der Waals surface area contributed by atoms with E-state index in [0.29, 0.717) is 39.3 Å². The molecule has 4 aromatic rings. The summed E-state index contributed by atoms with van der Waals surface area (Å²) in [6, 6.07) is 20.3. The number of amides is 1. The summed E-state index contributed by atoms with van der Waals surface area (Å²) in [6.45, 7) is 5.33. The van der Waals surface area contributed by atoms with Crippen LogP contribution in [0.4, 0.5) is 5.82 Å². The summed E-state index contributed by atoms with van der Waals surface area (Å²) >= 11 is 0. The molecular weight excluding hydrogens is 500 g/mol. The number of hydrogen-bond donors (Lipinski definition) is 4. The monoisotopic (exact) mass is 528 g/mol. The number of nitrogen functional groups attached to an aromatic ring is 1. The lowest BCUT2D eigenvalue weighted by molar-refractivity contribution is 0.102. The Hall–Kier alpha value is -4.41. The lowest BCUT2D eigenvalue weighted by Crippen LogP contribution is -2.40. The van der Waals surface area contributed by atoms with Crippen LogP contribution in [0.15, 0.2) is 90.1 Å². The van der Waals surface area contributed by atoms with Crippen LogP contribution in [0.5, 0.6) is 0 Å². The van der Waals surface area contributed by atoms with Gasteiger partial charge in [0.1, 0.15) is 11.7 Å². The van der Waals surface area contributed by atoms with E-state index in [4.69, 9.17) is 11.1 Å². The molecule has 0 fully saturated rings. The van der Waals surface area contributed by atoms with Gasteiger partial charge in [-0.15, -0.1) is 0 Å². The van der Waals surface area contributed by atoms with Gasteiger partial charge in [0.05, 0.1) is 16.2 Å². The van der Waals surface area contributed by atoms with Gasteiger partial charge in [-0.25, -0.2) is 18.1 Å². The van der Waals surface area contributed by atoms with Gasteiger partial charge in [-0.2, -0.15) is 0 Å². The van der Waals surface area contributed by atoms with Gasteiger partial charge in [0.25, 0.3) is 5.91 Å². The summed E-state index contributed by atoms with van der Waals surface area (Å²) in [6.07, 6.45) is 3.10. The van der Waals surface area contributed by atoms with E-state index in [1.165, 1.54) is 6.20 Å². The summed E-state index contributed by atoms with van der Waals surface area (Å²) in [5.41, 5.74) is 7.98. The standard InChI is InChI=1S/C28H28N6O3S/c1-28(2,3)34-38(36,37)23-12-5-4-10-21(23)20-13-14-24(32-17-20)33-27(35)22-11-7-15-31-25(22)18-8-6-9-19(16-18)26(29)30/h4-17,34H,1-3H3,(H3,29,30)(H,32,33,35). The number of nitrogens with zero attached hydrogens (tertiary/aromatic N) is 2. The second-order valence-electron chi connectivity index (χ2n) is 9.63. The second kappa shape index (κ2) is 10.5. The fraction of sp³-hybridized carbons (Fsp3) is 0.143. The first-order chi connectivity index (χ1) is 17.9. The molecule has 0 aliphatic rings. The fourth-order valence-corrected chi connectivity index (χ4v) is 5.51. The number of hydrogen-bond acceptors (Lipinski definition) is 6. The van der Waals surface area contributed by atoms with E-state index in [9.17, 15) is 13.2 Å². The maximum absolute atomic E-state index is 13.2. The third-order valence-electron chi connectivity index (χ3n) is 5.43. The highest BCUT2D eigenvalue weighted by Crippen LogP contribution is 2.28. The number of sulfonamides is 1. The largest absolute Gasteiger partial charge is 0.384 e. The van der Waals surface area contributed by atoms with Crippen molar-refractivity contribution in [3.05, 3.63) is 96.3 Å². The van der Waals surface area contributed by atoms with Gasteiger partial charge in [-0.1, -0.05) is 36.4 Å². The highest BCUT2D eigenvalue weighted by molar-refractivity contribution is 7.89. The minimum absolute atomic E-state index is 0.0818. The first kappa shape index (κ1) is 26.6. The number of carbonyl (C=O) groups is 1. The molecule has 1 amide bonds. The van der Waals surface area contributed by atoms with Crippen molar-refractivity contribution in [2.75, 3.05) is 5.32 Å². The van der Waals surface area contributed by atoms with Gasteiger partial charge in [0.15, 0.2) is 0 Å². The first-order valence-corrected chi connectivity index (χ1v) is 13.2. The van der Waals surface area contributed by atoms with Crippen LogP contribution in [0.2, 0.25) is 0 Å². The molecule has 0 aliphatic carbocycles. The molecule has 2 aromatic heterocycles. The van der Waals surface area contributed by atoms with Crippen molar-refractivity contribution in [1.29, 1.82) is 5.41 Å². The number of benzene rings is 2. The van der Waals surface area contributed by atoms with Crippen LogP contribution < -0.4 is 15.8 Å². The van der Waals surface area contributed by atoms with Crippen molar-refractivity contribution in [1.82, 2.24) is 14.7 Å². The van der Waals surface area contributed by atoms with Gasteiger partial charge in [-0.05, 0) is 57.2 Å². The van der Waals surface area contributed by atoms with E-state index < -0.39 is 21.5 Å².